The minimum Gasteiger partial charge on any atom is -0.343 e. The van der Waals surface area contributed by atoms with Gasteiger partial charge < -0.3 is 10.2 Å². The SMILES string of the molecule is CCC1(C)C(=O)NC(C)C(=O)N1Cc1ccc(Cl)cc1F. The second-order valence-electron chi connectivity index (χ2n) is 5.48. The number of piperazine rings is 1. The van der Waals surface area contributed by atoms with Crippen molar-refractivity contribution in [2.75, 3.05) is 0 Å². The Morgan fingerprint density at radius 3 is 2.67 bits per heavy atom. The molecule has 1 aliphatic rings. The highest BCUT2D eigenvalue weighted by molar-refractivity contribution is 6.30. The maximum absolute atomic E-state index is 14.0. The van der Waals surface area contributed by atoms with Gasteiger partial charge in [0, 0.05) is 17.1 Å². The van der Waals surface area contributed by atoms with Crippen molar-refractivity contribution in [1.82, 2.24) is 10.2 Å². The molecule has 0 spiro atoms. The van der Waals surface area contributed by atoms with E-state index in [1.165, 1.54) is 17.0 Å². The predicted molar refractivity (Wildman–Crippen MR) is 78.3 cm³/mol. The van der Waals surface area contributed by atoms with Crippen LogP contribution < -0.4 is 5.32 Å². The number of carbonyl (C=O) groups excluding carboxylic acids is 2. The molecule has 1 aliphatic heterocycles. The molecule has 6 heteroatoms. The first-order valence-electron chi connectivity index (χ1n) is 6.86. The molecule has 1 aromatic carbocycles. The van der Waals surface area contributed by atoms with Crippen molar-refractivity contribution in [3.63, 3.8) is 0 Å². The summed E-state index contributed by atoms with van der Waals surface area (Å²) in [6.07, 6.45) is 0.451. The van der Waals surface area contributed by atoms with Gasteiger partial charge in [0.2, 0.25) is 11.8 Å². The molecule has 114 valence electrons. The second kappa shape index (κ2) is 5.64. The molecule has 2 atom stereocenters. The van der Waals surface area contributed by atoms with Gasteiger partial charge in [0.05, 0.1) is 0 Å². The lowest BCUT2D eigenvalue weighted by atomic mass is 9.90. The summed E-state index contributed by atoms with van der Waals surface area (Å²) in [6.45, 7) is 5.19. The van der Waals surface area contributed by atoms with Crippen molar-refractivity contribution in [1.29, 1.82) is 0 Å². The van der Waals surface area contributed by atoms with E-state index in [-0.39, 0.29) is 18.4 Å². The fraction of sp³-hybridized carbons (Fsp3) is 0.467. The lowest BCUT2D eigenvalue weighted by Gasteiger charge is -2.45. The van der Waals surface area contributed by atoms with Gasteiger partial charge in [-0.05, 0) is 32.4 Å². The van der Waals surface area contributed by atoms with Crippen LogP contribution in [0.25, 0.3) is 0 Å². The first-order valence-corrected chi connectivity index (χ1v) is 7.23. The standard InChI is InChI=1S/C15H18ClFN2O2/c1-4-15(3)14(21)18-9(2)13(20)19(15)8-10-5-6-11(16)7-12(10)17/h5-7,9H,4,8H2,1-3H3,(H,18,21). The van der Waals surface area contributed by atoms with Crippen molar-refractivity contribution in [2.24, 2.45) is 0 Å². The average molecular weight is 313 g/mol. The lowest BCUT2D eigenvalue weighted by molar-refractivity contribution is -0.157. The zero-order chi connectivity index (χ0) is 15.8. The van der Waals surface area contributed by atoms with E-state index in [2.05, 4.69) is 5.32 Å². The topological polar surface area (TPSA) is 49.4 Å². The molecule has 0 saturated carbocycles. The van der Waals surface area contributed by atoms with Crippen LogP contribution in [0, 0.1) is 5.82 Å². The zero-order valence-electron chi connectivity index (χ0n) is 12.2. The van der Waals surface area contributed by atoms with Crippen LogP contribution >= 0.6 is 11.6 Å². The third kappa shape index (κ3) is 2.75. The molecule has 2 unspecified atom stereocenters. The van der Waals surface area contributed by atoms with Gasteiger partial charge in [-0.3, -0.25) is 9.59 Å². The number of amides is 2. The number of nitrogens with zero attached hydrogens (tertiary/aromatic N) is 1. The van der Waals surface area contributed by atoms with Gasteiger partial charge in [0.25, 0.3) is 0 Å². The summed E-state index contributed by atoms with van der Waals surface area (Å²) in [5.74, 6) is -0.910. The van der Waals surface area contributed by atoms with Gasteiger partial charge in [-0.15, -0.1) is 0 Å². The first kappa shape index (κ1) is 15.8. The Bertz CT molecular complexity index is 593. The predicted octanol–water partition coefficient (Wildman–Crippen LogP) is 2.49. The van der Waals surface area contributed by atoms with Gasteiger partial charge in [-0.1, -0.05) is 24.6 Å². The van der Waals surface area contributed by atoms with E-state index >= 15 is 0 Å². The molecule has 1 aromatic rings. The van der Waals surface area contributed by atoms with Gasteiger partial charge in [-0.2, -0.15) is 0 Å². The number of rotatable bonds is 3. The molecule has 0 radical (unpaired) electrons. The summed E-state index contributed by atoms with van der Waals surface area (Å²) in [5.41, 5.74) is -0.635. The monoisotopic (exact) mass is 312 g/mol. The summed E-state index contributed by atoms with van der Waals surface area (Å²) in [5, 5.41) is 2.96. The number of hydrogen-bond acceptors (Lipinski definition) is 2. The number of halogens is 2. The fourth-order valence-corrected chi connectivity index (χ4v) is 2.60. The first-order chi connectivity index (χ1) is 9.79. The molecule has 2 amide bonds. The van der Waals surface area contributed by atoms with Gasteiger partial charge >= 0.3 is 0 Å². The molecule has 1 fully saturated rings. The Morgan fingerprint density at radius 1 is 1.43 bits per heavy atom. The molecular formula is C15H18ClFN2O2. The summed E-state index contributed by atoms with van der Waals surface area (Å²) in [7, 11) is 0. The molecule has 0 aromatic heterocycles. The summed E-state index contributed by atoms with van der Waals surface area (Å²) >= 11 is 5.73. The second-order valence-corrected chi connectivity index (χ2v) is 5.92. The van der Waals surface area contributed by atoms with Crippen LogP contribution in [0.15, 0.2) is 18.2 Å². The van der Waals surface area contributed by atoms with Crippen molar-refractivity contribution in [3.8, 4) is 0 Å². The molecule has 1 saturated heterocycles. The van der Waals surface area contributed by atoms with Crippen LogP contribution in [0.4, 0.5) is 4.39 Å². The Labute approximate surface area is 128 Å². The smallest absolute Gasteiger partial charge is 0.246 e. The van der Waals surface area contributed by atoms with E-state index in [1.807, 2.05) is 6.92 Å². The Morgan fingerprint density at radius 2 is 2.10 bits per heavy atom. The summed E-state index contributed by atoms with van der Waals surface area (Å²) < 4.78 is 14.0. The average Bonchev–Trinajstić information content (AvgIpc) is 2.43. The van der Waals surface area contributed by atoms with Crippen LogP contribution in [0.3, 0.4) is 0 Å². The fourth-order valence-electron chi connectivity index (χ4n) is 2.44. The summed E-state index contributed by atoms with van der Waals surface area (Å²) in [4.78, 5) is 26.1. The normalized spacial score (nSPS) is 26.0. The van der Waals surface area contributed by atoms with Crippen LogP contribution in [-0.4, -0.2) is 28.3 Å². The minimum atomic E-state index is -0.977. The number of nitrogens with one attached hydrogen (secondary N) is 1. The molecule has 21 heavy (non-hydrogen) atoms. The van der Waals surface area contributed by atoms with Crippen LogP contribution in [0.5, 0.6) is 0 Å². The lowest BCUT2D eigenvalue weighted by Crippen LogP contribution is -2.68. The van der Waals surface area contributed by atoms with Crippen molar-refractivity contribution >= 4 is 23.4 Å². The van der Waals surface area contributed by atoms with E-state index in [0.717, 1.165) is 0 Å². The van der Waals surface area contributed by atoms with E-state index in [9.17, 15) is 14.0 Å². The van der Waals surface area contributed by atoms with Gasteiger partial charge in [-0.25, -0.2) is 4.39 Å². The Balaban J connectivity index is 2.37. The highest BCUT2D eigenvalue weighted by Crippen LogP contribution is 2.28. The van der Waals surface area contributed by atoms with E-state index in [0.29, 0.717) is 17.0 Å². The van der Waals surface area contributed by atoms with Crippen LogP contribution in [-0.2, 0) is 16.1 Å². The zero-order valence-corrected chi connectivity index (χ0v) is 13.0. The van der Waals surface area contributed by atoms with Crippen molar-refractivity contribution < 1.29 is 14.0 Å². The molecular weight excluding hydrogens is 295 g/mol. The van der Waals surface area contributed by atoms with Gasteiger partial charge in [0.1, 0.15) is 17.4 Å². The maximum atomic E-state index is 14.0. The highest BCUT2D eigenvalue weighted by atomic mass is 35.5. The van der Waals surface area contributed by atoms with Crippen LogP contribution in [0.2, 0.25) is 5.02 Å². The Hall–Kier alpha value is -1.62. The van der Waals surface area contributed by atoms with Crippen LogP contribution in [0.1, 0.15) is 32.8 Å². The van der Waals surface area contributed by atoms with Gasteiger partial charge in [0.15, 0.2) is 0 Å². The van der Waals surface area contributed by atoms with E-state index < -0.39 is 17.4 Å². The highest BCUT2D eigenvalue weighted by Gasteiger charge is 2.47. The van der Waals surface area contributed by atoms with Crippen molar-refractivity contribution in [3.05, 3.63) is 34.6 Å². The van der Waals surface area contributed by atoms with E-state index in [1.54, 1.807) is 19.9 Å². The van der Waals surface area contributed by atoms with E-state index in [4.69, 9.17) is 11.6 Å². The quantitative estimate of drug-likeness (QED) is 0.932. The molecule has 2 rings (SSSR count). The maximum Gasteiger partial charge on any atom is 0.246 e. The molecule has 4 nitrogen and oxygen atoms in total. The molecule has 0 aliphatic carbocycles. The third-order valence-electron chi connectivity index (χ3n) is 4.10. The molecule has 1 N–H and O–H groups in total. The number of carbonyl (C=O) groups is 2. The third-order valence-corrected chi connectivity index (χ3v) is 4.34. The number of hydrogen-bond donors (Lipinski definition) is 1. The molecule has 1 heterocycles. The minimum absolute atomic E-state index is 0.0456. The summed E-state index contributed by atoms with van der Waals surface area (Å²) in [6, 6.07) is 3.71. The number of benzene rings is 1. The largest absolute Gasteiger partial charge is 0.343 e. The Kier molecular flexibility index (Phi) is 4.23. The van der Waals surface area contributed by atoms with Crippen molar-refractivity contribution in [2.45, 2.75) is 45.3 Å². The molecule has 0 bridgehead atoms.